The molecule has 1 aliphatic heterocycles. The molecule has 4 unspecified atom stereocenters. The minimum absolute atomic E-state index is 0.0467. The van der Waals surface area contributed by atoms with Crippen molar-refractivity contribution in [3.63, 3.8) is 0 Å². The van der Waals surface area contributed by atoms with E-state index >= 15 is 0 Å². The van der Waals surface area contributed by atoms with Crippen LogP contribution in [0.4, 0.5) is 52.7 Å². The molecule has 9 aromatic carbocycles. The summed E-state index contributed by atoms with van der Waals surface area (Å²) in [5.41, 5.74) is -12.6. The fourth-order valence-corrected chi connectivity index (χ4v) is 18.0. The number of fused-ring (bicyclic) bond motifs is 3. The van der Waals surface area contributed by atoms with Crippen LogP contribution in [0.25, 0.3) is 33.4 Å². The third kappa shape index (κ3) is 29.2. The van der Waals surface area contributed by atoms with Crippen LogP contribution in [-0.2, 0) is 107 Å². The van der Waals surface area contributed by atoms with Gasteiger partial charge in [0, 0.05) is 129 Å². The summed E-state index contributed by atoms with van der Waals surface area (Å²) >= 11 is 1.16. The monoisotopic (exact) mass is 2080 g/mol. The zero-order chi connectivity index (χ0) is 135. The molecule has 0 radical (unpaired) electrons. The molecule has 144 heavy (non-hydrogen) atoms. The summed E-state index contributed by atoms with van der Waals surface area (Å²) in [5.74, 6) is -11.0. The Hall–Kier alpha value is -11.6. The van der Waals surface area contributed by atoms with Gasteiger partial charge in [0.25, 0.3) is 17.0 Å². The number of aliphatic imine (C=N–C) groups is 1. The number of benzene rings is 9. The number of amides is 4. The van der Waals surface area contributed by atoms with Crippen molar-refractivity contribution in [3.05, 3.63) is 328 Å². The number of amidine groups is 1. The number of nitrogens with zero attached hydrogens (tertiary/aromatic N) is 12. The van der Waals surface area contributed by atoms with Crippen LogP contribution in [0.5, 0.6) is 0 Å². The Balaban J connectivity index is 0.000000219. The zero-order valence-corrected chi connectivity index (χ0v) is 81.5. The third-order valence-electron chi connectivity index (χ3n) is 23.2. The summed E-state index contributed by atoms with van der Waals surface area (Å²) < 4.78 is 468. The van der Waals surface area contributed by atoms with E-state index in [1.54, 1.807) is 24.3 Å². The molecule has 0 spiro atoms. The quantitative estimate of drug-likeness (QED) is 0.0203. The van der Waals surface area contributed by atoms with Crippen molar-refractivity contribution in [1.82, 2.24) is 53.4 Å². The van der Waals surface area contributed by atoms with Gasteiger partial charge in [-0.2, -0.15) is 54.5 Å². The molecule has 3 aliphatic carbocycles. The van der Waals surface area contributed by atoms with Gasteiger partial charge in [-0.05, 0) is 249 Å². The van der Waals surface area contributed by atoms with E-state index in [1.165, 1.54) is 90.6 Å². The standard InChI is InChI=1S/C37H42F4N4O2S.2C37H40F4N4O2S/c1-4-43(5-2)18-19-44(22-26-6-10-28(11-7-26)29-12-14-30(15-13-29)37(39,40)41)34(46)23-45-33-21-25(3)20-32(33)35(47)42-36(45)48-24-27-8-16-31(38)17-9-27;1-4-43(5-2)21-22-44(25(3)27-11-13-28(14-12-27)29-15-17-30(18-16-29)37(39,40)41)34(46)23-45-33-8-6-7-32(33)35(47)42-36(45)48-24-26-9-19-31(38)20-10-26;1-4-43(5-2)19-20-44(22-26-9-13-28(14-10-26)29-15-18-32(25(3)21-29)37(39,40)41)34(46)23-45-33-8-6-7-31(33)35(47)42-36(45)48-24-27-11-16-30(38)17-12-27/h6-17,25,32-33H,4-5,18-24H2,1-3H3;9-20,25H,4-8,21-24H2,1-3H3;9-18,21H,4-8,19-20,22-24H2,1-3H3/i4D2,5D2,20D2,21D2,22D2,24D2,25D;4D2,5D2,24D2,25D;4D2,5D2,9D,10D,13D,14D,15D,18D,21D,22D2,24D2. The van der Waals surface area contributed by atoms with Crippen molar-refractivity contribution in [2.75, 3.05) is 84.8 Å². The van der Waals surface area contributed by atoms with Gasteiger partial charge in [-0.1, -0.05) is 229 Å². The summed E-state index contributed by atoms with van der Waals surface area (Å²) in [7, 11) is 0. The number of aromatic nitrogens is 4. The molecular formula is C111H122F12N12O6S3. The average Bonchev–Trinajstić information content (AvgIpc) is 1.52. The van der Waals surface area contributed by atoms with Gasteiger partial charge in [0.1, 0.15) is 30.5 Å². The molecule has 4 amide bonds. The van der Waals surface area contributed by atoms with Crippen LogP contribution in [0.3, 0.4) is 0 Å². The van der Waals surface area contributed by atoms with Gasteiger partial charge in [-0.3, -0.25) is 28.8 Å². The summed E-state index contributed by atoms with van der Waals surface area (Å²) in [6.07, 6.45) is -18.0. The molecular weight excluding hydrogens is 1920 g/mol. The highest BCUT2D eigenvalue weighted by molar-refractivity contribution is 8.13. The zero-order valence-electron chi connectivity index (χ0n) is 114. The minimum atomic E-state index is -5.18. The lowest BCUT2D eigenvalue weighted by Crippen LogP contribution is -2.52. The summed E-state index contributed by atoms with van der Waals surface area (Å²) in [6.45, 7) is -16.9. The molecule has 0 saturated heterocycles. The Morgan fingerprint density at radius 1 is 0.465 bits per heavy atom. The van der Waals surface area contributed by atoms with Crippen LogP contribution in [0.15, 0.2) is 237 Å². The van der Waals surface area contributed by atoms with Gasteiger partial charge >= 0.3 is 18.5 Å². The van der Waals surface area contributed by atoms with Gasteiger partial charge in [-0.25, -0.2) is 13.2 Å². The molecule has 4 atom stereocenters. The molecule has 15 rings (SSSR count). The van der Waals surface area contributed by atoms with E-state index in [0.29, 0.717) is 97.4 Å². The van der Waals surface area contributed by atoms with Crippen molar-refractivity contribution in [2.45, 2.75) is 198 Å². The lowest BCUT2D eigenvalue weighted by atomic mass is 9.98. The van der Waals surface area contributed by atoms with Gasteiger partial charge < -0.3 is 43.4 Å². The number of likely N-dealkylation sites (N-methyl/N-ethyl adjacent to an activating group) is 3. The van der Waals surface area contributed by atoms with Gasteiger partial charge in [-0.15, -0.1) is 0 Å². The molecule has 11 aromatic rings. The fourth-order valence-electron chi connectivity index (χ4n) is 15.7. The second kappa shape index (κ2) is 50.5. The highest BCUT2D eigenvalue weighted by atomic mass is 32.2. The second-order valence-corrected chi connectivity index (χ2v) is 34.8. The lowest BCUT2D eigenvalue weighted by Gasteiger charge is -2.38. The molecule has 3 heterocycles. The maximum atomic E-state index is 14.8. The number of thioether (sulfide) groups is 3. The Bertz CT molecular complexity index is 8150. The number of halogens is 12. The van der Waals surface area contributed by atoms with Crippen LogP contribution in [0.1, 0.15) is 213 Å². The summed E-state index contributed by atoms with van der Waals surface area (Å²) in [5, 5.41) is -1.10. The highest BCUT2D eigenvalue weighted by Crippen LogP contribution is 2.42. The van der Waals surface area contributed by atoms with Gasteiger partial charge in [0.2, 0.25) is 17.7 Å². The first-order valence-corrected chi connectivity index (χ1v) is 47.3. The number of carbonyl (C=O) groups excluding carboxylic acids is 4. The number of rotatable bonds is 38. The maximum Gasteiger partial charge on any atom is 0.416 e. The largest absolute Gasteiger partial charge is 0.416 e. The SMILES string of the molecule is [2H]C([2H])(SC1=NC(=O)C2C(N1CC(=O)N(CCN(C([2H])([2H])C)C([2H])([2H])C)C([2H])([2H])c1ccc(-c3ccc(C(F)(F)F)cc3)cc1)C([2H])([2H])C([2H])(C)C2([2H])[2H])c1ccc(F)cc1.[2H]C([2H])(Sc1nc(=O)c2c(n1CC(=O)N(CCN(C([2H])([2H])C)C([2H])([2H])C)C([2H])(C)c1ccc(-c3ccc(C(F)(F)F)cc3)cc1)CCC2)c1ccc(F)cc1.[2H]c1c([2H])c(C([2H])([2H])N(CCN(C([2H])([2H])C)C([2H])([2H])C)C(=O)Cn2c(SC([2H])([2H])c3ccc(F)cc3)nc(=O)c3c2CCC3)c([2H])c([2H])c1-c1c([2H])c([2H])c(C(F)(F)F)c(C)c1[2H]. The predicted octanol–water partition coefficient (Wildman–Crippen LogP) is 23.0. The molecule has 1 saturated carbocycles. The first kappa shape index (κ1) is 71.0. The third-order valence-corrected chi connectivity index (χ3v) is 25.7. The minimum Gasteiger partial charge on any atom is -0.338 e. The van der Waals surface area contributed by atoms with Gasteiger partial charge in [0.05, 0.1) is 51.6 Å². The van der Waals surface area contributed by atoms with Crippen LogP contribution in [0.2, 0.25) is 0 Å². The number of alkyl halides is 9. The Morgan fingerprint density at radius 2 is 0.854 bits per heavy atom. The van der Waals surface area contributed by atoms with Crippen molar-refractivity contribution in [3.8, 4) is 33.4 Å². The average molecular weight is 2080 g/mol. The van der Waals surface area contributed by atoms with E-state index in [1.807, 2.05) is 0 Å². The maximum absolute atomic E-state index is 14.8. The Labute approximate surface area is 895 Å². The van der Waals surface area contributed by atoms with Crippen LogP contribution >= 0.6 is 35.3 Å². The molecule has 4 aliphatic rings. The normalized spacial score (nSPS) is 21.3. The van der Waals surface area contributed by atoms with Crippen molar-refractivity contribution < 1.29 is 120 Å². The molecule has 2 aromatic heterocycles. The highest BCUT2D eigenvalue weighted by Gasteiger charge is 2.46. The first-order valence-electron chi connectivity index (χ1n) is 62.4. The molecule has 764 valence electrons. The predicted molar refractivity (Wildman–Crippen MR) is 545 cm³/mol. The van der Waals surface area contributed by atoms with Gasteiger partial charge in [0.15, 0.2) is 15.5 Å². The molecule has 18 nitrogen and oxygen atoms in total. The second-order valence-electron chi connectivity index (χ2n) is 32.5. The topological polar surface area (TPSA) is 173 Å². The van der Waals surface area contributed by atoms with Crippen molar-refractivity contribution >= 4 is 64.1 Å². The van der Waals surface area contributed by atoms with Crippen molar-refractivity contribution in [2.24, 2.45) is 16.8 Å². The van der Waals surface area contributed by atoms with E-state index in [9.17, 15) is 88.3 Å². The number of carbonyl (C=O) groups is 4. The van der Waals surface area contributed by atoms with E-state index in [2.05, 4.69) is 15.0 Å². The molecule has 0 N–H and O–H groups in total. The molecule has 0 bridgehead atoms. The first-order chi connectivity index (χ1) is 81.8. The Kier molecular flexibility index (Phi) is 24.9. The van der Waals surface area contributed by atoms with E-state index < -0.39 is 309 Å². The number of hydrogen-bond donors (Lipinski definition) is 0. The number of hydrogen-bond acceptors (Lipinski definition) is 15. The lowest BCUT2D eigenvalue weighted by molar-refractivity contribution is -0.138. The van der Waals surface area contributed by atoms with E-state index in [-0.39, 0.29) is 87.1 Å². The Morgan fingerprint density at radius 3 is 1.28 bits per heavy atom. The van der Waals surface area contributed by atoms with Crippen molar-refractivity contribution in [1.29, 1.82) is 0 Å². The van der Waals surface area contributed by atoms with Crippen LogP contribution < -0.4 is 11.1 Å². The molecule has 33 heteroatoms. The summed E-state index contributed by atoms with van der Waals surface area (Å²) in [6, 6.07) is 21.2. The van der Waals surface area contributed by atoms with E-state index in [4.69, 9.17) is 41.1 Å². The fraction of sp³-hybridized carbons (Fsp3) is 0.396. The smallest absolute Gasteiger partial charge is 0.338 e. The van der Waals surface area contributed by atoms with E-state index in [0.717, 1.165) is 146 Å². The summed E-state index contributed by atoms with van der Waals surface area (Å²) in [4.78, 5) is 101. The van der Waals surface area contributed by atoms with Crippen LogP contribution in [-0.4, -0.2) is 173 Å². The van der Waals surface area contributed by atoms with Crippen LogP contribution in [0, 0.1) is 36.2 Å². The molecule has 1 fully saturated rings.